The lowest BCUT2D eigenvalue weighted by atomic mass is 9.87. The molecule has 0 aliphatic carbocycles. The van der Waals surface area contributed by atoms with Gasteiger partial charge in [0.2, 0.25) is 0 Å². The van der Waals surface area contributed by atoms with E-state index in [9.17, 15) is 14.3 Å². The Bertz CT molecular complexity index is 699. The number of benzene rings is 2. The number of hydrogen-bond donors (Lipinski definition) is 1. The van der Waals surface area contributed by atoms with Gasteiger partial charge in [-0.15, -0.1) is 0 Å². The number of hydrogen-bond acceptors (Lipinski definition) is 3. The first-order valence-electron chi connectivity index (χ1n) is 8.52. The molecule has 1 amide bonds. The van der Waals surface area contributed by atoms with Crippen molar-refractivity contribution in [3.8, 4) is 5.75 Å². The second-order valence-electron chi connectivity index (χ2n) is 6.32. The van der Waals surface area contributed by atoms with E-state index in [4.69, 9.17) is 4.74 Å². The van der Waals surface area contributed by atoms with Gasteiger partial charge >= 0.3 is 0 Å². The van der Waals surface area contributed by atoms with Crippen LogP contribution in [0, 0.1) is 11.7 Å². The fourth-order valence-electron chi connectivity index (χ4n) is 3.18. The van der Waals surface area contributed by atoms with Crippen LogP contribution >= 0.6 is 0 Å². The minimum Gasteiger partial charge on any atom is -0.484 e. The van der Waals surface area contributed by atoms with Crippen molar-refractivity contribution < 1.29 is 19.0 Å². The van der Waals surface area contributed by atoms with Crippen molar-refractivity contribution in [1.29, 1.82) is 0 Å². The molecule has 1 heterocycles. The van der Waals surface area contributed by atoms with Crippen molar-refractivity contribution in [3.05, 3.63) is 66.0 Å². The number of rotatable bonds is 5. The average Bonchev–Trinajstić information content (AvgIpc) is 2.66. The number of likely N-dealkylation sites (tertiary alicyclic amines) is 1. The highest BCUT2D eigenvalue weighted by Gasteiger charge is 2.28. The monoisotopic (exact) mass is 343 g/mol. The molecule has 5 heteroatoms. The molecule has 0 saturated carbocycles. The van der Waals surface area contributed by atoms with Gasteiger partial charge in [-0.25, -0.2) is 4.39 Å². The molecule has 25 heavy (non-hydrogen) atoms. The minimum absolute atomic E-state index is 0.102. The third kappa shape index (κ3) is 4.57. The Morgan fingerprint density at radius 2 is 1.88 bits per heavy atom. The molecule has 1 atom stereocenters. The van der Waals surface area contributed by atoms with Gasteiger partial charge in [0.1, 0.15) is 11.6 Å². The van der Waals surface area contributed by atoms with E-state index in [1.165, 1.54) is 12.1 Å². The molecular weight excluding hydrogens is 321 g/mol. The van der Waals surface area contributed by atoms with Crippen LogP contribution in [0.25, 0.3) is 0 Å². The average molecular weight is 343 g/mol. The molecule has 0 bridgehead atoms. The van der Waals surface area contributed by atoms with Gasteiger partial charge in [-0.2, -0.15) is 0 Å². The SMILES string of the molecule is O=C(COc1cccc(F)c1)N1CCC([C@H](O)c2ccccc2)CC1. The van der Waals surface area contributed by atoms with E-state index >= 15 is 0 Å². The number of aliphatic hydroxyl groups excluding tert-OH is 1. The van der Waals surface area contributed by atoms with Crippen LogP contribution in [0.1, 0.15) is 24.5 Å². The van der Waals surface area contributed by atoms with Gasteiger partial charge in [-0.1, -0.05) is 36.4 Å². The number of amides is 1. The first kappa shape index (κ1) is 17.4. The number of aliphatic hydroxyl groups is 1. The number of nitrogens with zero attached hydrogens (tertiary/aromatic N) is 1. The molecule has 1 aliphatic heterocycles. The predicted octanol–water partition coefficient (Wildman–Crippen LogP) is 3.18. The van der Waals surface area contributed by atoms with Crippen molar-refractivity contribution in [3.63, 3.8) is 0 Å². The second-order valence-corrected chi connectivity index (χ2v) is 6.32. The molecule has 1 fully saturated rings. The fourth-order valence-corrected chi connectivity index (χ4v) is 3.18. The van der Waals surface area contributed by atoms with Crippen LogP contribution in [0.4, 0.5) is 4.39 Å². The highest BCUT2D eigenvalue weighted by molar-refractivity contribution is 5.77. The number of carbonyl (C=O) groups excluding carboxylic acids is 1. The van der Waals surface area contributed by atoms with Crippen LogP contribution in [0.5, 0.6) is 5.75 Å². The lowest BCUT2D eigenvalue weighted by Crippen LogP contribution is -2.42. The summed E-state index contributed by atoms with van der Waals surface area (Å²) in [4.78, 5) is 14.0. The van der Waals surface area contributed by atoms with Crippen LogP contribution in [-0.2, 0) is 4.79 Å². The van der Waals surface area contributed by atoms with Crippen molar-refractivity contribution >= 4 is 5.91 Å². The lowest BCUT2D eigenvalue weighted by molar-refractivity contribution is -0.135. The van der Waals surface area contributed by atoms with Crippen LogP contribution in [0.2, 0.25) is 0 Å². The van der Waals surface area contributed by atoms with Gasteiger partial charge in [0.25, 0.3) is 5.91 Å². The van der Waals surface area contributed by atoms with E-state index in [2.05, 4.69) is 0 Å². The van der Waals surface area contributed by atoms with Gasteiger partial charge in [0, 0.05) is 19.2 Å². The Balaban J connectivity index is 1.47. The van der Waals surface area contributed by atoms with Crippen molar-refractivity contribution in [2.75, 3.05) is 19.7 Å². The van der Waals surface area contributed by atoms with Crippen LogP contribution in [0.3, 0.4) is 0 Å². The van der Waals surface area contributed by atoms with Gasteiger partial charge in [0.15, 0.2) is 6.61 Å². The summed E-state index contributed by atoms with van der Waals surface area (Å²) in [6.07, 6.45) is 1.01. The molecule has 1 aliphatic rings. The number of ether oxygens (including phenoxy) is 1. The zero-order valence-electron chi connectivity index (χ0n) is 14.0. The maximum Gasteiger partial charge on any atom is 0.260 e. The van der Waals surface area contributed by atoms with Gasteiger partial charge in [-0.05, 0) is 36.5 Å². The topological polar surface area (TPSA) is 49.8 Å². The lowest BCUT2D eigenvalue weighted by Gasteiger charge is -2.34. The second kappa shape index (κ2) is 8.12. The highest BCUT2D eigenvalue weighted by Crippen LogP contribution is 2.30. The maximum absolute atomic E-state index is 13.1. The Labute approximate surface area is 146 Å². The molecule has 3 rings (SSSR count). The van der Waals surface area contributed by atoms with Crippen molar-refractivity contribution in [2.24, 2.45) is 5.92 Å². The molecule has 132 valence electrons. The van der Waals surface area contributed by atoms with E-state index < -0.39 is 6.10 Å². The summed E-state index contributed by atoms with van der Waals surface area (Å²) in [5.74, 6) is -0.00380. The smallest absolute Gasteiger partial charge is 0.260 e. The predicted molar refractivity (Wildman–Crippen MR) is 92.6 cm³/mol. The maximum atomic E-state index is 13.1. The Kier molecular flexibility index (Phi) is 5.66. The van der Waals surface area contributed by atoms with Crippen LogP contribution in [0.15, 0.2) is 54.6 Å². The largest absolute Gasteiger partial charge is 0.484 e. The summed E-state index contributed by atoms with van der Waals surface area (Å²) in [6.45, 7) is 1.09. The molecule has 1 N–H and O–H groups in total. The molecule has 0 radical (unpaired) electrons. The molecule has 0 unspecified atom stereocenters. The summed E-state index contributed by atoms with van der Waals surface area (Å²) in [6, 6.07) is 15.4. The summed E-state index contributed by atoms with van der Waals surface area (Å²) < 4.78 is 18.5. The summed E-state index contributed by atoms with van der Waals surface area (Å²) in [7, 11) is 0. The van der Waals surface area contributed by atoms with Gasteiger partial charge in [0.05, 0.1) is 6.10 Å². The quantitative estimate of drug-likeness (QED) is 0.907. The Morgan fingerprint density at radius 1 is 1.16 bits per heavy atom. The number of piperidine rings is 1. The Morgan fingerprint density at radius 3 is 2.56 bits per heavy atom. The molecular formula is C20H22FNO3. The van der Waals surface area contributed by atoms with Crippen molar-refractivity contribution in [1.82, 2.24) is 4.90 Å². The van der Waals surface area contributed by atoms with Gasteiger partial charge in [-0.3, -0.25) is 4.79 Å². The molecule has 2 aromatic rings. The third-order valence-electron chi connectivity index (χ3n) is 4.64. The number of halogens is 1. The van der Waals surface area contributed by atoms with E-state index in [0.717, 1.165) is 18.4 Å². The summed E-state index contributed by atoms with van der Waals surface area (Å²) >= 11 is 0. The zero-order valence-corrected chi connectivity index (χ0v) is 14.0. The molecule has 0 spiro atoms. The van der Waals surface area contributed by atoms with E-state index in [0.29, 0.717) is 18.8 Å². The van der Waals surface area contributed by atoms with E-state index in [1.807, 2.05) is 30.3 Å². The zero-order chi connectivity index (χ0) is 17.6. The van der Waals surface area contributed by atoms with Crippen molar-refractivity contribution in [2.45, 2.75) is 18.9 Å². The molecule has 2 aromatic carbocycles. The van der Waals surface area contributed by atoms with E-state index in [1.54, 1.807) is 17.0 Å². The van der Waals surface area contributed by atoms with E-state index in [-0.39, 0.29) is 24.2 Å². The molecule has 0 aromatic heterocycles. The fraction of sp³-hybridized carbons (Fsp3) is 0.350. The van der Waals surface area contributed by atoms with Gasteiger partial charge < -0.3 is 14.7 Å². The first-order chi connectivity index (χ1) is 12.1. The Hall–Kier alpha value is -2.40. The standard InChI is InChI=1S/C20H22FNO3/c21-17-7-4-8-18(13-17)25-14-19(23)22-11-9-16(10-12-22)20(24)15-5-2-1-3-6-15/h1-8,13,16,20,24H,9-12,14H2/t20-/m1/s1. The first-order valence-corrected chi connectivity index (χ1v) is 8.52. The summed E-state index contributed by atoms with van der Waals surface area (Å²) in [5, 5.41) is 10.5. The summed E-state index contributed by atoms with van der Waals surface area (Å²) in [5.41, 5.74) is 0.918. The minimum atomic E-state index is -0.498. The molecule has 4 nitrogen and oxygen atoms in total. The molecule has 1 saturated heterocycles. The third-order valence-corrected chi connectivity index (χ3v) is 4.64. The normalized spacial score (nSPS) is 16.5. The number of carbonyl (C=O) groups is 1. The highest BCUT2D eigenvalue weighted by atomic mass is 19.1. The van der Waals surface area contributed by atoms with Crippen LogP contribution < -0.4 is 4.74 Å². The van der Waals surface area contributed by atoms with Crippen LogP contribution in [-0.4, -0.2) is 35.6 Å².